The highest BCUT2D eigenvalue weighted by Crippen LogP contribution is 2.21. The van der Waals surface area contributed by atoms with Crippen molar-refractivity contribution >= 4 is 17.6 Å². The molecule has 2 N–H and O–H groups in total. The number of hydrogen-bond donors (Lipinski definition) is 2. The SMILES string of the molecule is CCC(CNC(=NC)NCCC(F)(F)F)c1ccc(Cl)cc1. The van der Waals surface area contributed by atoms with Gasteiger partial charge in [0.2, 0.25) is 0 Å². The van der Waals surface area contributed by atoms with E-state index in [0.717, 1.165) is 12.0 Å². The van der Waals surface area contributed by atoms with E-state index in [-0.39, 0.29) is 12.5 Å². The van der Waals surface area contributed by atoms with Crippen LogP contribution in [0.5, 0.6) is 0 Å². The van der Waals surface area contributed by atoms with Gasteiger partial charge in [0.25, 0.3) is 0 Å². The summed E-state index contributed by atoms with van der Waals surface area (Å²) in [7, 11) is 1.53. The molecule has 124 valence electrons. The highest BCUT2D eigenvalue weighted by Gasteiger charge is 2.26. The fraction of sp³-hybridized carbons (Fsp3) is 0.533. The maximum absolute atomic E-state index is 12.1. The largest absolute Gasteiger partial charge is 0.390 e. The lowest BCUT2D eigenvalue weighted by Gasteiger charge is -2.19. The fourth-order valence-corrected chi connectivity index (χ4v) is 2.12. The third-order valence-electron chi connectivity index (χ3n) is 3.27. The van der Waals surface area contributed by atoms with Crippen LogP contribution in [-0.4, -0.2) is 32.3 Å². The van der Waals surface area contributed by atoms with Crippen molar-refractivity contribution in [1.29, 1.82) is 0 Å². The molecular weight excluding hydrogens is 315 g/mol. The van der Waals surface area contributed by atoms with Gasteiger partial charge in [0.1, 0.15) is 0 Å². The highest BCUT2D eigenvalue weighted by molar-refractivity contribution is 6.30. The maximum Gasteiger partial charge on any atom is 0.390 e. The van der Waals surface area contributed by atoms with Gasteiger partial charge in [-0.15, -0.1) is 0 Å². The molecule has 1 atom stereocenters. The Bertz CT molecular complexity index is 472. The second kappa shape index (κ2) is 8.88. The van der Waals surface area contributed by atoms with Crippen molar-refractivity contribution < 1.29 is 13.2 Å². The van der Waals surface area contributed by atoms with E-state index in [4.69, 9.17) is 11.6 Å². The summed E-state index contributed by atoms with van der Waals surface area (Å²) in [4.78, 5) is 3.93. The average molecular weight is 336 g/mol. The Morgan fingerprint density at radius 3 is 2.36 bits per heavy atom. The van der Waals surface area contributed by atoms with Gasteiger partial charge in [0.15, 0.2) is 5.96 Å². The molecule has 1 aromatic carbocycles. The number of benzene rings is 1. The van der Waals surface area contributed by atoms with Crippen LogP contribution in [0.3, 0.4) is 0 Å². The Labute approximate surface area is 134 Å². The van der Waals surface area contributed by atoms with Crippen LogP contribution in [0.25, 0.3) is 0 Å². The molecule has 0 saturated carbocycles. The van der Waals surface area contributed by atoms with Crippen molar-refractivity contribution in [2.75, 3.05) is 20.1 Å². The van der Waals surface area contributed by atoms with E-state index < -0.39 is 12.6 Å². The van der Waals surface area contributed by atoms with Gasteiger partial charge in [-0.1, -0.05) is 30.7 Å². The molecule has 0 spiro atoms. The zero-order valence-electron chi connectivity index (χ0n) is 12.7. The highest BCUT2D eigenvalue weighted by atomic mass is 35.5. The molecule has 1 unspecified atom stereocenters. The quantitative estimate of drug-likeness (QED) is 0.610. The first-order valence-electron chi connectivity index (χ1n) is 7.12. The van der Waals surface area contributed by atoms with Gasteiger partial charge in [-0.3, -0.25) is 4.99 Å². The standard InChI is InChI=1S/C15H21ClF3N3/c1-3-11(12-4-6-13(16)7-5-12)10-22-14(20-2)21-9-8-15(17,18)19/h4-7,11H,3,8-10H2,1-2H3,(H2,20,21,22). The van der Waals surface area contributed by atoms with Crippen LogP contribution in [0.4, 0.5) is 13.2 Å². The van der Waals surface area contributed by atoms with E-state index in [1.165, 1.54) is 7.05 Å². The molecule has 0 heterocycles. The molecular formula is C15H21ClF3N3. The van der Waals surface area contributed by atoms with Crippen molar-refractivity contribution in [2.24, 2.45) is 4.99 Å². The van der Waals surface area contributed by atoms with E-state index in [9.17, 15) is 13.2 Å². The topological polar surface area (TPSA) is 36.4 Å². The molecule has 0 radical (unpaired) electrons. The molecule has 0 amide bonds. The minimum atomic E-state index is -4.17. The molecule has 0 aliphatic carbocycles. The van der Waals surface area contributed by atoms with E-state index >= 15 is 0 Å². The third-order valence-corrected chi connectivity index (χ3v) is 3.53. The number of hydrogen-bond acceptors (Lipinski definition) is 1. The van der Waals surface area contributed by atoms with Crippen molar-refractivity contribution in [3.05, 3.63) is 34.9 Å². The zero-order valence-corrected chi connectivity index (χ0v) is 13.4. The summed E-state index contributed by atoms with van der Waals surface area (Å²) in [5, 5.41) is 6.40. The molecule has 1 rings (SSSR count). The van der Waals surface area contributed by atoms with E-state index in [2.05, 4.69) is 22.5 Å². The fourth-order valence-electron chi connectivity index (χ4n) is 2.00. The van der Waals surface area contributed by atoms with Gasteiger partial charge in [-0.05, 0) is 24.1 Å². The van der Waals surface area contributed by atoms with Gasteiger partial charge >= 0.3 is 6.18 Å². The van der Waals surface area contributed by atoms with Crippen molar-refractivity contribution in [3.63, 3.8) is 0 Å². The summed E-state index contributed by atoms with van der Waals surface area (Å²) >= 11 is 5.87. The van der Waals surface area contributed by atoms with Gasteiger partial charge < -0.3 is 10.6 Å². The molecule has 1 aromatic rings. The first-order chi connectivity index (χ1) is 10.4. The Morgan fingerprint density at radius 1 is 1.23 bits per heavy atom. The number of rotatable bonds is 6. The van der Waals surface area contributed by atoms with Crippen LogP contribution in [0.15, 0.2) is 29.3 Å². The van der Waals surface area contributed by atoms with Crippen LogP contribution in [0.1, 0.15) is 31.2 Å². The Morgan fingerprint density at radius 2 is 1.86 bits per heavy atom. The lowest BCUT2D eigenvalue weighted by atomic mass is 9.96. The second-order valence-corrected chi connectivity index (χ2v) is 5.34. The monoisotopic (exact) mass is 335 g/mol. The summed E-state index contributed by atoms with van der Waals surface area (Å²) in [6.07, 6.45) is -4.16. The Kier molecular flexibility index (Phi) is 7.51. The van der Waals surface area contributed by atoms with Crippen molar-refractivity contribution in [2.45, 2.75) is 31.9 Å². The van der Waals surface area contributed by atoms with E-state index in [1.54, 1.807) is 0 Å². The minimum absolute atomic E-state index is 0.194. The summed E-state index contributed by atoms with van der Waals surface area (Å²) < 4.78 is 36.4. The Balaban J connectivity index is 2.48. The molecule has 0 aromatic heterocycles. The molecule has 0 bridgehead atoms. The van der Waals surface area contributed by atoms with Gasteiger partial charge in [0.05, 0.1) is 6.42 Å². The van der Waals surface area contributed by atoms with Crippen molar-refractivity contribution in [1.82, 2.24) is 10.6 Å². The molecule has 0 saturated heterocycles. The van der Waals surface area contributed by atoms with E-state index in [1.807, 2.05) is 24.3 Å². The van der Waals surface area contributed by atoms with Crippen LogP contribution in [-0.2, 0) is 0 Å². The molecule has 22 heavy (non-hydrogen) atoms. The number of nitrogens with zero attached hydrogens (tertiary/aromatic N) is 1. The number of alkyl halides is 3. The number of halogens is 4. The van der Waals surface area contributed by atoms with E-state index in [0.29, 0.717) is 17.5 Å². The number of aliphatic imine (C=N–C) groups is 1. The number of nitrogens with one attached hydrogen (secondary N) is 2. The smallest absolute Gasteiger partial charge is 0.356 e. The van der Waals surface area contributed by atoms with Crippen LogP contribution < -0.4 is 10.6 Å². The summed E-state index contributed by atoms with van der Waals surface area (Å²) in [6.45, 7) is 2.45. The van der Waals surface area contributed by atoms with Crippen molar-refractivity contribution in [3.8, 4) is 0 Å². The summed E-state index contributed by atoms with van der Waals surface area (Å²) in [6, 6.07) is 7.57. The first kappa shape index (κ1) is 18.6. The predicted octanol–water partition coefficient (Wildman–Crippen LogP) is 3.95. The second-order valence-electron chi connectivity index (χ2n) is 4.90. The predicted molar refractivity (Wildman–Crippen MR) is 84.5 cm³/mol. The van der Waals surface area contributed by atoms with Crippen LogP contribution in [0, 0.1) is 0 Å². The molecule has 3 nitrogen and oxygen atoms in total. The molecule has 0 aliphatic heterocycles. The molecule has 0 fully saturated rings. The summed E-state index contributed by atoms with van der Waals surface area (Å²) in [5.41, 5.74) is 1.13. The number of guanidine groups is 1. The first-order valence-corrected chi connectivity index (χ1v) is 7.50. The average Bonchev–Trinajstić information content (AvgIpc) is 2.46. The van der Waals surface area contributed by atoms with Gasteiger partial charge in [-0.2, -0.15) is 13.2 Å². The molecule has 0 aliphatic rings. The van der Waals surface area contributed by atoms with Gasteiger partial charge in [0, 0.05) is 31.1 Å². The lowest BCUT2D eigenvalue weighted by Crippen LogP contribution is -2.40. The maximum atomic E-state index is 12.1. The third kappa shape index (κ3) is 7.02. The zero-order chi connectivity index (χ0) is 16.6. The minimum Gasteiger partial charge on any atom is -0.356 e. The van der Waals surface area contributed by atoms with Crippen LogP contribution >= 0.6 is 11.6 Å². The summed E-state index contributed by atoms with van der Waals surface area (Å²) in [5.74, 6) is 0.607. The normalized spacial score (nSPS) is 13.8. The van der Waals surface area contributed by atoms with Gasteiger partial charge in [-0.25, -0.2) is 0 Å². The Hall–Kier alpha value is -1.43. The van der Waals surface area contributed by atoms with Crippen LogP contribution in [0.2, 0.25) is 5.02 Å². The lowest BCUT2D eigenvalue weighted by molar-refractivity contribution is -0.132. The molecule has 7 heteroatoms.